The number of carbonyl (C=O) groups is 2. The van der Waals surface area contributed by atoms with Crippen LogP contribution in [0.1, 0.15) is 29.8 Å². The molecule has 3 rings (SSSR count). The number of carbonyl (C=O) groups excluding carboxylic acids is 2. The average molecular weight is 479 g/mol. The van der Waals surface area contributed by atoms with Gasteiger partial charge in [-0.2, -0.15) is 0 Å². The molecule has 1 aliphatic rings. The van der Waals surface area contributed by atoms with Gasteiger partial charge in [0.2, 0.25) is 0 Å². The van der Waals surface area contributed by atoms with Gasteiger partial charge in [-0.05, 0) is 38.1 Å². The largest absolute Gasteiger partial charge is 0.458 e. The van der Waals surface area contributed by atoms with E-state index in [1.54, 1.807) is 24.3 Å². The normalized spacial score (nSPS) is 26.6. The van der Waals surface area contributed by atoms with Gasteiger partial charge in [-0.1, -0.05) is 63.6 Å². The third-order valence-electron chi connectivity index (χ3n) is 4.54. The Labute approximate surface area is 183 Å². The molecule has 0 aliphatic carbocycles. The van der Waals surface area contributed by atoms with Gasteiger partial charge in [0.05, 0.1) is 16.5 Å². The number of rotatable bonds is 5. The molecular weight excluding hydrogens is 456 g/mol. The molecule has 5 atom stereocenters. The van der Waals surface area contributed by atoms with Crippen molar-refractivity contribution in [1.82, 2.24) is 0 Å². The van der Waals surface area contributed by atoms with Gasteiger partial charge in [0.15, 0.2) is 6.10 Å². The van der Waals surface area contributed by atoms with Crippen LogP contribution in [0.4, 0.5) is 0 Å². The minimum absolute atomic E-state index is 0.363. The molecule has 0 bridgehead atoms. The molecule has 29 heavy (non-hydrogen) atoms. The van der Waals surface area contributed by atoms with E-state index < -0.39 is 34.4 Å². The zero-order valence-corrected chi connectivity index (χ0v) is 18.8. The molecule has 1 fully saturated rings. The highest BCUT2D eigenvalue weighted by atomic mass is 79.9. The standard InChI is InChI=1S/C22H23BrO5S/c1-13-9-11-17(12-10-13)29-22-20(28-21(25)16-7-5-4-6-8-16)18(23)19(14(2)26-22)27-15(3)24/h4-12,14,18-20,22H,1-3H3/t14-,18-,19-,20+,22-/m1/s1. The highest BCUT2D eigenvalue weighted by Gasteiger charge is 2.47. The molecule has 7 heteroatoms. The Bertz CT molecular complexity index is 842. The number of halogens is 1. The first-order valence-corrected chi connectivity index (χ1v) is 11.1. The van der Waals surface area contributed by atoms with Gasteiger partial charge in [0.25, 0.3) is 0 Å². The molecule has 1 saturated heterocycles. The highest BCUT2D eigenvalue weighted by molar-refractivity contribution is 9.09. The lowest BCUT2D eigenvalue weighted by atomic mass is 10.0. The maximum atomic E-state index is 12.7. The lowest BCUT2D eigenvalue weighted by Gasteiger charge is -2.42. The summed E-state index contributed by atoms with van der Waals surface area (Å²) in [4.78, 5) is 24.8. The van der Waals surface area contributed by atoms with Crippen LogP contribution in [0, 0.1) is 6.92 Å². The monoisotopic (exact) mass is 478 g/mol. The predicted octanol–water partition coefficient (Wildman–Crippen LogP) is 4.75. The van der Waals surface area contributed by atoms with Gasteiger partial charge in [-0.15, -0.1) is 0 Å². The number of thioether (sulfide) groups is 1. The van der Waals surface area contributed by atoms with E-state index in [9.17, 15) is 9.59 Å². The zero-order valence-electron chi connectivity index (χ0n) is 16.4. The summed E-state index contributed by atoms with van der Waals surface area (Å²) < 4.78 is 17.4. The van der Waals surface area contributed by atoms with Crippen LogP contribution in [0.2, 0.25) is 0 Å². The van der Waals surface area contributed by atoms with Crippen molar-refractivity contribution >= 4 is 39.6 Å². The second-order valence-electron chi connectivity index (χ2n) is 6.89. The third kappa shape index (κ3) is 5.62. The van der Waals surface area contributed by atoms with Crippen molar-refractivity contribution in [3.8, 4) is 0 Å². The Morgan fingerprint density at radius 3 is 2.28 bits per heavy atom. The van der Waals surface area contributed by atoms with E-state index in [-0.39, 0.29) is 6.10 Å². The highest BCUT2D eigenvalue weighted by Crippen LogP contribution is 2.39. The molecule has 1 heterocycles. The molecule has 0 spiro atoms. The summed E-state index contributed by atoms with van der Waals surface area (Å²) in [6, 6.07) is 16.8. The van der Waals surface area contributed by atoms with Crippen LogP contribution in [0.25, 0.3) is 0 Å². The number of esters is 2. The Hall–Kier alpha value is -1.83. The zero-order chi connectivity index (χ0) is 21.0. The van der Waals surface area contributed by atoms with Crippen molar-refractivity contribution in [3.63, 3.8) is 0 Å². The van der Waals surface area contributed by atoms with Gasteiger partial charge in [0.1, 0.15) is 11.5 Å². The summed E-state index contributed by atoms with van der Waals surface area (Å²) >= 11 is 5.09. The third-order valence-corrected chi connectivity index (χ3v) is 6.73. The summed E-state index contributed by atoms with van der Waals surface area (Å²) in [7, 11) is 0. The molecule has 0 unspecified atom stereocenters. The Morgan fingerprint density at radius 2 is 1.66 bits per heavy atom. The summed E-state index contributed by atoms with van der Waals surface area (Å²) in [5.74, 6) is -0.859. The van der Waals surface area contributed by atoms with Crippen molar-refractivity contribution < 1.29 is 23.8 Å². The van der Waals surface area contributed by atoms with Gasteiger partial charge >= 0.3 is 11.9 Å². The SMILES string of the molecule is CC(=O)O[C@H]1[C@@H](Br)[C@H](OC(=O)c2ccccc2)[C@@H](Sc2ccc(C)cc2)O[C@@H]1C. The van der Waals surface area contributed by atoms with E-state index in [2.05, 4.69) is 15.9 Å². The van der Waals surface area contributed by atoms with Gasteiger partial charge in [-0.25, -0.2) is 4.79 Å². The number of hydrogen-bond acceptors (Lipinski definition) is 6. The van der Waals surface area contributed by atoms with Crippen molar-refractivity contribution in [2.24, 2.45) is 0 Å². The number of ether oxygens (including phenoxy) is 3. The maximum absolute atomic E-state index is 12.7. The van der Waals surface area contributed by atoms with Crippen LogP contribution in [-0.2, 0) is 19.0 Å². The molecule has 1 aliphatic heterocycles. The van der Waals surface area contributed by atoms with Crippen molar-refractivity contribution in [3.05, 3.63) is 65.7 Å². The van der Waals surface area contributed by atoms with E-state index in [1.807, 2.05) is 44.2 Å². The molecule has 154 valence electrons. The Kier molecular flexibility index (Phi) is 7.38. The molecule has 0 aromatic heterocycles. The number of aryl methyl sites for hydroxylation is 1. The van der Waals surface area contributed by atoms with E-state index in [4.69, 9.17) is 14.2 Å². The Balaban J connectivity index is 1.84. The number of alkyl halides is 1. The fourth-order valence-electron chi connectivity index (χ4n) is 3.05. The predicted molar refractivity (Wildman–Crippen MR) is 115 cm³/mol. The first kappa shape index (κ1) is 21.9. The molecule has 0 radical (unpaired) electrons. The van der Waals surface area contributed by atoms with E-state index in [0.717, 1.165) is 10.5 Å². The van der Waals surface area contributed by atoms with Crippen molar-refractivity contribution in [1.29, 1.82) is 0 Å². The fraction of sp³-hybridized carbons (Fsp3) is 0.364. The molecule has 0 N–H and O–H groups in total. The van der Waals surface area contributed by atoms with Crippen LogP contribution in [0.3, 0.4) is 0 Å². The summed E-state index contributed by atoms with van der Waals surface area (Å²) in [6.07, 6.45) is -1.59. The summed E-state index contributed by atoms with van der Waals surface area (Å²) in [5, 5.41) is 0. The molecule has 2 aromatic carbocycles. The van der Waals surface area contributed by atoms with Crippen LogP contribution < -0.4 is 0 Å². The Morgan fingerprint density at radius 1 is 1.00 bits per heavy atom. The fourth-order valence-corrected chi connectivity index (χ4v) is 5.32. The summed E-state index contributed by atoms with van der Waals surface area (Å²) in [5.41, 5.74) is 1.15. The minimum atomic E-state index is -0.658. The first-order chi connectivity index (χ1) is 13.8. The molecule has 5 nitrogen and oxygen atoms in total. The molecule has 0 saturated carbocycles. The van der Waals surface area contributed by atoms with Crippen LogP contribution in [0.15, 0.2) is 59.5 Å². The van der Waals surface area contributed by atoms with E-state index in [1.165, 1.54) is 18.7 Å². The minimum Gasteiger partial charge on any atom is -0.458 e. The maximum Gasteiger partial charge on any atom is 0.338 e. The van der Waals surface area contributed by atoms with E-state index in [0.29, 0.717) is 5.56 Å². The van der Waals surface area contributed by atoms with Gasteiger partial charge in [0, 0.05) is 11.8 Å². The average Bonchev–Trinajstić information content (AvgIpc) is 2.70. The van der Waals surface area contributed by atoms with Gasteiger partial charge in [-0.3, -0.25) is 4.79 Å². The van der Waals surface area contributed by atoms with Crippen LogP contribution in [0.5, 0.6) is 0 Å². The molecule has 2 aromatic rings. The summed E-state index contributed by atoms with van der Waals surface area (Å²) in [6.45, 7) is 5.22. The number of benzene rings is 2. The van der Waals surface area contributed by atoms with Crippen molar-refractivity contribution in [2.45, 2.75) is 54.2 Å². The molecular formula is C22H23BrO5S. The first-order valence-electron chi connectivity index (χ1n) is 9.31. The van der Waals surface area contributed by atoms with Crippen LogP contribution >= 0.6 is 27.7 Å². The lowest BCUT2D eigenvalue weighted by molar-refractivity contribution is -0.171. The van der Waals surface area contributed by atoms with E-state index >= 15 is 0 Å². The smallest absolute Gasteiger partial charge is 0.338 e. The second kappa shape index (κ2) is 9.78. The second-order valence-corrected chi connectivity index (χ2v) is 9.12. The lowest BCUT2D eigenvalue weighted by Crippen LogP contribution is -2.55. The quantitative estimate of drug-likeness (QED) is 0.456. The topological polar surface area (TPSA) is 61.8 Å². The van der Waals surface area contributed by atoms with Crippen molar-refractivity contribution in [2.75, 3.05) is 0 Å². The number of hydrogen-bond donors (Lipinski definition) is 0. The van der Waals surface area contributed by atoms with Gasteiger partial charge < -0.3 is 14.2 Å². The van der Waals surface area contributed by atoms with Crippen LogP contribution in [-0.4, -0.2) is 40.5 Å². The molecule has 0 amide bonds.